The fourth-order valence-electron chi connectivity index (χ4n) is 1.84. The van der Waals surface area contributed by atoms with Crippen molar-refractivity contribution in [1.82, 2.24) is 0 Å². The summed E-state index contributed by atoms with van der Waals surface area (Å²) >= 11 is 0.909. The molecule has 1 aromatic heterocycles. The fraction of sp³-hybridized carbons (Fsp3) is 0.308. The van der Waals surface area contributed by atoms with Gasteiger partial charge in [0.15, 0.2) is 0 Å². The second-order valence-corrected chi connectivity index (χ2v) is 5.29. The first-order valence-corrected chi connectivity index (χ1v) is 7.04. The molecule has 2 amide bonds. The van der Waals surface area contributed by atoms with Crippen molar-refractivity contribution in [3.05, 3.63) is 28.0 Å². The van der Waals surface area contributed by atoms with E-state index in [1.807, 2.05) is 0 Å². The lowest BCUT2D eigenvalue weighted by Gasteiger charge is -2.14. The van der Waals surface area contributed by atoms with Crippen LogP contribution in [0.25, 0.3) is 0 Å². The molecule has 0 aliphatic carbocycles. The van der Waals surface area contributed by atoms with Gasteiger partial charge < -0.3 is 25.3 Å². The number of methoxy groups -OCH3 is 1. The van der Waals surface area contributed by atoms with Gasteiger partial charge in [0.05, 0.1) is 12.7 Å². The Bertz CT molecular complexity index is 664. The van der Waals surface area contributed by atoms with Crippen LogP contribution in [0.15, 0.2) is 12.0 Å². The van der Waals surface area contributed by atoms with Gasteiger partial charge in [-0.1, -0.05) is 0 Å². The molecule has 0 atom stereocenters. The van der Waals surface area contributed by atoms with Crippen LogP contribution in [0.5, 0.6) is 0 Å². The van der Waals surface area contributed by atoms with Crippen LogP contribution in [-0.4, -0.2) is 38.1 Å². The van der Waals surface area contributed by atoms with E-state index in [1.165, 1.54) is 13.4 Å². The highest BCUT2D eigenvalue weighted by Gasteiger charge is 2.26. The molecule has 2 rings (SSSR count). The van der Waals surface area contributed by atoms with E-state index in [9.17, 15) is 14.4 Å². The molecule has 1 aromatic rings. The summed E-state index contributed by atoms with van der Waals surface area (Å²) < 4.78 is 14.8. The minimum absolute atomic E-state index is 0.0210. The summed E-state index contributed by atoms with van der Waals surface area (Å²) in [5, 5.41) is 2.66. The van der Waals surface area contributed by atoms with Crippen LogP contribution in [0, 0.1) is 6.92 Å². The van der Waals surface area contributed by atoms with E-state index in [0.717, 1.165) is 11.3 Å². The molecule has 0 fully saturated rings. The number of carbonyl (C=O) groups is 3. The van der Waals surface area contributed by atoms with E-state index in [4.69, 9.17) is 15.2 Å². The Kier molecular flexibility index (Phi) is 4.66. The largest absolute Gasteiger partial charge is 0.494 e. The molecule has 0 saturated carbocycles. The summed E-state index contributed by atoms with van der Waals surface area (Å²) in [6, 6.07) is 0. The molecule has 0 unspecified atom stereocenters. The van der Waals surface area contributed by atoms with Crippen molar-refractivity contribution >= 4 is 34.1 Å². The van der Waals surface area contributed by atoms with Crippen LogP contribution in [0.4, 0.5) is 5.00 Å². The molecule has 0 saturated heterocycles. The van der Waals surface area contributed by atoms with Gasteiger partial charge in [-0.2, -0.15) is 0 Å². The molecule has 1 aliphatic rings. The Morgan fingerprint density at radius 2 is 2.09 bits per heavy atom. The third-order valence-corrected chi connectivity index (χ3v) is 4.05. The highest BCUT2D eigenvalue weighted by Crippen LogP contribution is 2.33. The number of esters is 1. The van der Waals surface area contributed by atoms with E-state index in [1.54, 1.807) is 6.92 Å². The lowest BCUT2D eigenvalue weighted by atomic mass is 10.1. The van der Waals surface area contributed by atoms with Gasteiger partial charge in [-0.25, -0.2) is 4.79 Å². The summed E-state index contributed by atoms with van der Waals surface area (Å²) in [6.07, 6.45) is 1.18. The van der Waals surface area contributed by atoms with Gasteiger partial charge in [-0.3, -0.25) is 9.59 Å². The average molecular weight is 326 g/mol. The maximum absolute atomic E-state index is 12.1. The lowest BCUT2D eigenvalue weighted by molar-refractivity contribution is -0.117. The molecule has 0 bridgehead atoms. The first-order chi connectivity index (χ1) is 10.5. The molecule has 22 heavy (non-hydrogen) atoms. The highest BCUT2D eigenvalue weighted by molar-refractivity contribution is 7.18. The summed E-state index contributed by atoms with van der Waals surface area (Å²) in [5.74, 6) is -1.98. The van der Waals surface area contributed by atoms with E-state index in [2.05, 4.69) is 10.1 Å². The SMILES string of the molecule is COC(=O)c1sc(NC(=O)C2=COCCO2)c(C(N)=O)c1C. The maximum atomic E-state index is 12.1. The standard InChI is InChI=1S/C13H14N2O6S/c1-6-8(10(14)16)12(22-9(6)13(18)19-2)15-11(17)7-5-20-3-4-21-7/h5H,3-4H2,1-2H3,(H2,14,16)(H,15,17). The Morgan fingerprint density at radius 1 is 1.36 bits per heavy atom. The molecular formula is C13H14N2O6S. The third kappa shape index (κ3) is 3.03. The number of hydrogen-bond donors (Lipinski definition) is 2. The second-order valence-electron chi connectivity index (χ2n) is 4.27. The first-order valence-electron chi connectivity index (χ1n) is 6.23. The zero-order valence-corrected chi connectivity index (χ0v) is 12.7. The lowest BCUT2D eigenvalue weighted by Crippen LogP contribution is -2.22. The number of amides is 2. The number of carbonyl (C=O) groups excluding carboxylic acids is 3. The quantitative estimate of drug-likeness (QED) is 0.789. The minimum Gasteiger partial charge on any atom is -0.494 e. The van der Waals surface area contributed by atoms with Crippen LogP contribution in [0.1, 0.15) is 25.6 Å². The number of anilines is 1. The van der Waals surface area contributed by atoms with Gasteiger partial charge in [0.25, 0.3) is 11.8 Å². The summed E-state index contributed by atoms with van der Waals surface area (Å²) in [6.45, 7) is 2.16. The van der Waals surface area contributed by atoms with Crippen LogP contribution in [0.3, 0.4) is 0 Å². The first kappa shape index (κ1) is 15.8. The van der Waals surface area contributed by atoms with Crippen molar-refractivity contribution in [2.45, 2.75) is 6.92 Å². The minimum atomic E-state index is -0.756. The Morgan fingerprint density at radius 3 is 2.64 bits per heavy atom. The molecule has 9 heteroatoms. The fourth-order valence-corrected chi connectivity index (χ4v) is 2.96. The summed E-state index contributed by atoms with van der Waals surface area (Å²) in [5.41, 5.74) is 5.74. The highest BCUT2D eigenvalue weighted by atomic mass is 32.1. The van der Waals surface area contributed by atoms with Gasteiger partial charge in [0, 0.05) is 0 Å². The van der Waals surface area contributed by atoms with Crippen molar-refractivity contribution in [3.63, 3.8) is 0 Å². The van der Waals surface area contributed by atoms with Gasteiger partial charge in [0.2, 0.25) is 5.76 Å². The molecule has 118 valence electrons. The number of rotatable bonds is 4. The number of nitrogens with one attached hydrogen (secondary N) is 1. The maximum Gasteiger partial charge on any atom is 0.348 e. The van der Waals surface area contributed by atoms with Crippen molar-refractivity contribution in [2.24, 2.45) is 5.73 Å². The monoisotopic (exact) mass is 326 g/mol. The van der Waals surface area contributed by atoms with E-state index in [0.29, 0.717) is 12.2 Å². The van der Waals surface area contributed by atoms with Crippen molar-refractivity contribution in [2.75, 3.05) is 25.6 Å². The van der Waals surface area contributed by atoms with E-state index in [-0.39, 0.29) is 27.8 Å². The van der Waals surface area contributed by atoms with Crippen molar-refractivity contribution < 1.29 is 28.6 Å². The van der Waals surface area contributed by atoms with Crippen LogP contribution in [0.2, 0.25) is 0 Å². The van der Waals surface area contributed by atoms with E-state index >= 15 is 0 Å². The number of ether oxygens (including phenoxy) is 3. The second kappa shape index (κ2) is 6.48. The summed E-state index contributed by atoms with van der Waals surface area (Å²) in [4.78, 5) is 35.5. The van der Waals surface area contributed by atoms with Crippen LogP contribution < -0.4 is 11.1 Å². The Hall–Kier alpha value is -2.55. The molecule has 3 N–H and O–H groups in total. The Balaban J connectivity index is 2.33. The number of nitrogens with two attached hydrogens (primary N) is 1. The molecular weight excluding hydrogens is 312 g/mol. The van der Waals surface area contributed by atoms with Gasteiger partial charge in [0.1, 0.15) is 29.4 Å². The average Bonchev–Trinajstić information content (AvgIpc) is 2.83. The zero-order valence-electron chi connectivity index (χ0n) is 11.9. The third-order valence-electron chi connectivity index (χ3n) is 2.86. The van der Waals surface area contributed by atoms with E-state index < -0.39 is 17.8 Å². The summed E-state index contributed by atoms with van der Waals surface area (Å²) in [7, 11) is 1.22. The van der Waals surface area contributed by atoms with Crippen LogP contribution in [-0.2, 0) is 19.0 Å². The molecule has 2 heterocycles. The molecule has 8 nitrogen and oxygen atoms in total. The molecule has 1 aliphatic heterocycles. The van der Waals surface area contributed by atoms with Crippen molar-refractivity contribution in [1.29, 1.82) is 0 Å². The van der Waals surface area contributed by atoms with Crippen molar-refractivity contribution in [3.8, 4) is 0 Å². The van der Waals surface area contributed by atoms with Gasteiger partial charge in [-0.05, 0) is 12.5 Å². The predicted molar refractivity (Wildman–Crippen MR) is 77.5 cm³/mol. The normalized spacial score (nSPS) is 13.5. The number of hydrogen-bond acceptors (Lipinski definition) is 7. The zero-order chi connectivity index (χ0) is 16.3. The smallest absolute Gasteiger partial charge is 0.348 e. The van der Waals surface area contributed by atoms with Crippen LogP contribution >= 0.6 is 11.3 Å². The van der Waals surface area contributed by atoms with Gasteiger partial charge in [-0.15, -0.1) is 11.3 Å². The van der Waals surface area contributed by atoms with Gasteiger partial charge >= 0.3 is 5.97 Å². The molecule has 0 spiro atoms. The molecule has 0 aromatic carbocycles. The predicted octanol–water partition coefficient (Wildman–Crippen LogP) is 0.769. The number of primary amides is 1. The topological polar surface area (TPSA) is 117 Å². The molecule has 0 radical (unpaired) electrons. The number of thiophene rings is 1. The Labute approximate surface area is 129 Å².